The Balaban J connectivity index is 1.35. The van der Waals surface area contributed by atoms with E-state index in [-0.39, 0.29) is 42.5 Å². The maximum absolute atomic E-state index is 14.2. The van der Waals surface area contributed by atoms with Crippen LogP contribution < -0.4 is 20.7 Å². The molecule has 220 valence electrons. The van der Waals surface area contributed by atoms with E-state index in [1.54, 1.807) is 5.32 Å². The van der Waals surface area contributed by atoms with Gasteiger partial charge in [0.15, 0.2) is 11.6 Å². The van der Waals surface area contributed by atoms with Gasteiger partial charge in [0.05, 0.1) is 12.6 Å². The fourth-order valence-corrected chi connectivity index (χ4v) is 5.23. The third-order valence-electron chi connectivity index (χ3n) is 7.76. The minimum Gasteiger partial charge on any atom is -0.473 e. The summed E-state index contributed by atoms with van der Waals surface area (Å²) in [6, 6.07) is -0.690. The van der Waals surface area contributed by atoms with Gasteiger partial charge in [0.25, 0.3) is 5.91 Å². The van der Waals surface area contributed by atoms with Crippen LogP contribution in [0.1, 0.15) is 44.9 Å². The highest BCUT2D eigenvalue weighted by Gasteiger charge is 2.56. The van der Waals surface area contributed by atoms with Crippen molar-refractivity contribution < 1.29 is 45.9 Å². The molecule has 41 heavy (non-hydrogen) atoms. The summed E-state index contributed by atoms with van der Waals surface area (Å²) in [6.45, 7) is -0.485. The lowest BCUT2D eigenvalue weighted by Crippen LogP contribution is -2.57. The number of fused-ring (bicyclic) bond motifs is 1. The molecule has 4 amide bonds. The number of carbonyl (C=O) groups excluding carboxylic acids is 4. The van der Waals surface area contributed by atoms with E-state index in [0.717, 1.165) is 23.8 Å². The number of anilines is 1. The molecule has 0 aromatic heterocycles. The number of nitrogens with one attached hydrogen (secondary N) is 3. The highest BCUT2D eigenvalue weighted by molar-refractivity contribution is 6.02. The number of halogens is 5. The zero-order valence-corrected chi connectivity index (χ0v) is 21.5. The maximum Gasteiger partial charge on any atom is 0.471 e. The van der Waals surface area contributed by atoms with E-state index in [4.69, 9.17) is 4.74 Å². The summed E-state index contributed by atoms with van der Waals surface area (Å²) < 4.78 is 72.5. The van der Waals surface area contributed by atoms with Crippen molar-refractivity contribution in [1.29, 1.82) is 5.26 Å². The van der Waals surface area contributed by atoms with Gasteiger partial charge in [0, 0.05) is 18.6 Å². The maximum atomic E-state index is 14.2. The van der Waals surface area contributed by atoms with E-state index in [1.165, 1.54) is 0 Å². The van der Waals surface area contributed by atoms with Gasteiger partial charge < -0.3 is 25.6 Å². The predicted molar refractivity (Wildman–Crippen MR) is 129 cm³/mol. The Hall–Kier alpha value is -3.96. The predicted octanol–water partition coefficient (Wildman–Crippen LogP) is 2.29. The van der Waals surface area contributed by atoms with Crippen molar-refractivity contribution in [2.75, 3.05) is 11.9 Å². The standard InChI is InChI=1S/C26H26F5N5O5/c27-14-7-16(28)20-19(8-14)41-25(23(39)35-20)9-15(10-32)36(11-25)22(38)18(6-13-3-4-13)33-21(37)17(5-12-1-2-12)34-24(40)26(29,30)31/h7-8,12-13,15,17-18H,1-6,9,11H2,(H,33,37)(H,34,40)(H,35,39)/t15-,17-,18-,25+/m0/s1. The number of ether oxygens (including phenoxy) is 1. The minimum absolute atomic E-state index is 0.0355. The molecule has 3 N–H and O–H groups in total. The molecule has 0 radical (unpaired) electrons. The van der Waals surface area contributed by atoms with Crippen LogP contribution in [-0.4, -0.2) is 65.0 Å². The number of nitriles is 1. The first-order valence-corrected chi connectivity index (χ1v) is 13.2. The molecule has 10 nitrogen and oxygen atoms in total. The van der Waals surface area contributed by atoms with Crippen molar-refractivity contribution in [2.24, 2.45) is 11.8 Å². The highest BCUT2D eigenvalue weighted by atomic mass is 19.4. The average Bonchev–Trinajstić information content (AvgIpc) is 3.83. The van der Waals surface area contributed by atoms with Gasteiger partial charge in [-0.3, -0.25) is 19.2 Å². The van der Waals surface area contributed by atoms with E-state index < -0.39 is 71.7 Å². The number of hydrogen-bond donors (Lipinski definition) is 3. The zero-order chi connectivity index (χ0) is 29.7. The van der Waals surface area contributed by atoms with Gasteiger partial charge in [-0.05, 0) is 24.7 Å². The van der Waals surface area contributed by atoms with Crippen LogP contribution in [0.4, 0.5) is 27.6 Å². The number of alkyl halides is 3. The van der Waals surface area contributed by atoms with Crippen LogP contribution in [-0.2, 0) is 19.2 Å². The largest absolute Gasteiger partial charge is 0.473 e. The number of carbonyl (C=O) groups is 4. The number of rotatable bonds is 8. The first kappa shape index (κ1) is 28.6. The smallest absolute Gasteiger partial charge is 0.471 e. The summed E-state index contributed by atoms with van der Waals surface area (Å²) in [4.78, 5) is 52.5. The highest BCUT2D eigenvalue weighted by Crippen LogP contribution is 2.42. The van der Waals surface area contributed by atoms with Crippen LogP contribution >= 0.6 is 0 Å². The summed E-state index contributed by atoms with van der Waals surface area (Å²) in [7, 11) is 0. The molecule has 1 saturated heterocycles. The SMILES string of the molecule is N#C[C@@H]1C[C@]2(CN1C(=O)[C@H](CC1CC1)NC(=O)[C@H](CC1CC1)NC(=O)C(F)(F)F)Oc1cc(F)cc(F)c1NC2=O. The summed E-state index contributed by atoms with van der Waals surface area (Å²) >= 11 is 0. The second-order valence-corrected chi connectivity index (χ2v) is 11.1. The van der Waals surface area contributed by atoms with Crippen molar-refractivity contribution in [3.8, 4) is 11.8 Å². The van der Waals surface area contributed by atoms with E-state index in [2.05, 4.69) is 10.6 Å². The lowest BCUT2D eigenvalue weighted by Gasteiger charge is -2.34. The van der Waals surface area contributed by atoms with E-state index in [0.29, 0.717) is 18.9 Å². The van der Waals surface area contributed by atoms with Crippen LogP contribution in [0, 0.1) is 34.8 Å². The molecule has 2 aliphatic heterocycles. The van der Waals surface area contributed by atoms with Gasteiger partial charge >= 0.3 is 12.1 Å². The molecule has 1 aromatic rings. The first-order chi connectivity index (χ1) is 19.3. The molecule has 5 rings (SSSR count). The summed E-state index contributed by atoms with van der Waals surface area (Å²) in [6.07, 6.45) is -2.57. The molecule has 1 aromatic carbocycles. The Bertz CT molecular complexity index is 1320. The Morgan fingerprint density at radius 1 is 1.10 bits per heavy atom. The van der Waals surface area contributed by atoms with Gasteiger partial charge in [-0.25, -0.2) is 8.78 Å². The Morgan fingerprint density at radius 2 is 1.73 bits per heavy atom. The molecule has 2 aliphatic carbocycles. The summed E-state index contributed by atoms with van der Waals surface area (Å²) in [5, 5.41) is 16.3. The van der Waals surface area contributed by atoms with E-state index in [1.807, 2.05) is 6.07 Å². The molecule has 4 atom stereocenters. The quantitative estimate of drug-likeness (QED) is 0.402. The first-order valence-electron chi connectivity index (χ1n) is 13.2. The number of amides is 4. The molecule has 4 aliphatic rings. The fraction of sp³-hybridized carbons (Fsp3) is 0.577. The number of nitrogens with zero attached hydrogens (tertiary/aromatic N) is 2. The van der Waals surface area contributed by atoms with E-state index >= 15 is 0 Å². The third kappa shape index (κ3) is 6.06. The number of hydrogen-bond acceptors (Lipinski definition) is 6. The Morgan fingerprint density at radius 3 is 2.32 bits per heavy atom. The van der Waals surface area contributed by atoms with Gasteiger partial charge in [-0.1, -0.05) is 25.7 Å². The van der Waals surface area contributed by atoms with Crippen LogP contribution in [0.25, 0.3) is 0 Å². The van der Waals surface area contributed by atoms with Gasteiger partial charge in [0.1, 0.15) is 29.6 Å². The average molecular weight is 584 g/mol. The third-order valence-corrected chi connectivity index (χ3v) is 7.76. The second-order valence-electron chi connectivity index (χ2n) is 11.1. The summed E-state index contributed by atoms with van der Waals surface area (Å²) in [5.41, 5.74) is -2.24. The molecule has 1 spiro atoms. The van der Waals surface area contributed by atoms with Crippen LogP contribution in [0.5, 0.6) is 5.75 Å². The molecular weight excluding hydrogens is 557 g/mol. The number of likely N-dealkylation sites (tertiary alicyclic amines) is 1. The molecule has 2 saturated carbocycles. The molecule has 0 bridgehead atoms. The topological polar surface area (TPSA) is 141 Å². The van der Waals surface area contributed by atoms with Gasteiger partial charge in [-0.2, -0.15) is 18.4 Å². The Labute approximate surface area is 230 Å². The second kappa shape index (κ2) is 10.5. The van der Waals surface area contributed by atoms with Crippen LogP contribution in [0.15, 0.2) is 12.1 Å². The molecule has 15 heteroatoms. The number of benzene rings is 1. The van der Waals surface area contributed by atoms with Crippen LogP contribution in [0.3, 0.4) is 0 Å². The van der Waals surface area contributed by atoms with Gasteiger partial charge in [0.2, 0.25) is 17.4 Å². The zero-order valence-electron chi connectivity index (χ0n) is 21.5. The van der Waals surface area contributed by atoms with Crippen molar-refractivity contribution >= 4 is 29.3 Å². The molecule has 2 heterocycles. The van der Waals surface area contributed by atoms with Crippen molar-refractivity contribution in [3.05, 3.63) is 23.8 Å². The minimum atomic E-state index is -5.21. The molecule has 3 fully saturated rings. The normalized spacial score (nSPS) is 24.9. The van der Waals surface area contributed by atoms with Crippen molar-refractivity contribution in [2.45, 2.75) is 74.8 Å². The lowest BCUT2D eigenvalue weighted by molar-refractivity contribution is -0.174. The van der Waals surface area contributed by atoms with Crippen molar-refractivity contribution in [1.82, 2.24) is 15.5 Å². The van der Waals surface area contributed by atoms with Crippen molar-refractivity contribution in [3.63, 3.8) is 0 Å². The Kier molecular flexibility index (Phi) is 7.29. The van der Waals surface area contributed by atoms with Crippen LogP contribution in [0.2, 0.25) is 0 Å². The monoisotopic (exact) mass is 583 g/mol. The van der Waals surface area contributed by atoms with Gasteiger partial charge in [-0.15, -0.1) is 0 Å². The fourth-order valence-electron chi connectivity index (χ4n) is 5.23. The lowest BCUT2D eigenvalue weighted by atomic mass is 9.97. The van der Waals surface area contributed by atoms with E-state index in [9.17, 15) is 46.4 Å². The summed E-state index contributed by atoms with van der Waals surface area (Å²) in [5.74, 6) is -7.23. The molecule has 0 unspecified atom stereocenters. The molecular formula is C26H26F5N5O5.